The van der Waals surface area contributed by atoms with Gasteiger partial charge in [-0.05, 0) is 34.6 Å². The lowest BCUT2D eigenvalue weighted by Crippen LogP contribution is -2.51. The number of amides is 1. The summed E-state index contributed by atoms with van der Waals surface area (Å²) in [6, 6.07) is 0. The molecule has 0 spiro atoms. The zero-order valence-electron chi connectivity index (χ0n) is 10.9. The Hall–Kier alpha value is -1.52. The minimum absolute atomic E-state index is 0.321. The fraction of sp³-hybridized carbons (Fsp3) is 0.667. The lowest BCUT2D eigenvalue weighted by Gasteiger charge is -2.32. The van der Waals surface area contributed by atoms with E-state index in [0.29, 0.717) is 6.42 Å². The first-order valence-electron chi connectivity index (χ1n) is 5.49. The first-order valence-corrected chi connectivity index (χ1v) is 5.49. The summed E-state index contributed by atoms with van der Waals surface area (Å²) < 4.78 is 5.19. The zero-order chi connectivity index (χ0) is 13.4. The minimum atomic E-state index is -1.24. The van der Waals surface area contributed by atoms with Crippen LogP contribution >= 0.6 is 0 Å². The van der Waals surface area contributed by atoms with Gasteiger partial charge in [-0.15, -0.1) is 0 Å². The van der Waals surface area contributed by atoms with Crippen LogP contribution in [0, 0.1) is 0 Å². The van der Waals surface area contributed by atoms with Crippen molar-refractivity contribution in [3.63, 3.8) is 0 Å². The number of carbonyl (C=O) groups excluding carboxylic acids is 1. The molecular weight excluding hydrogens is 222 g/mol. The number of carboxylic acid groups (broad SMARTS) is 1. The van der Waals surface area contributed by atoms with Crippen LogP contribution in [-0.2, 0) is 9.53 Å². The Morgan fingerprint density at radius 2 is 2.00 bits per heavy atom. The number of ether oxygens (including phenoxy) is 1. The van der Waals surface area contributed by atoms with Crippen molar-refractivity contribution >= 4 is 12.1 Å². The maximum absolute atomic E-state index is 11.9. The average molecular weight is 241 g/mol. The molecule has 17 heavy (non-hydrogen) atoms. The van der Waals surface area contributed by atoms with Gasteiger partial charge in [0.25, 0.3) is 0 Å². The lowest BCUT2D eigenvalue weighted by atomic mass is 9.97. The second kappa shape index (κ2) is 4.05. The Morgan fingerprint density at radius 3 is 2.41 bits per heavy atom. The summed E-state index contributed by atoms with van der Waals surface area (Å²) in [4.78, 5) is 24.4. The molecule has 5 nitrogen and oxygen atoms in total. The van der Waals surface area contributed by atoms with E-state index in [1.54, 1.807) is 33.9 Å². The first kappa shape index (κ1) is 13.5. The van der Waals surface area contributed by atoms with E-state index in [9.17, 15) is 14.7 Å². The summed E-state index contributed by atoms with van der Waals surface area (Å²) in [7, 11) is 0. The van der Waals surface area contributed by atoms with Crippen molar-refractivity contribution in [1.82, 2.24) is 4.90 Å². The van der Waals surface area contributed by atoms with Gasteiger partial charge in [0, 0.05) is 12.6 Å². The molecule has 0 fully saturated rings. The number of hydrogen-bond acceptors (Lipinski definition) is 3. The van der Waals surface area contributed by atoms with E-state index in [4.69, 9.17) is 4.74 Å². The third kappa shape index (κ3) is 2.78. The van der Waals surface area contributed by atoms with Crippen molar-refractivity contribution in [1.29, 1.82) is 0 Å². The van der Waals surface area contributed by atoms with Crippen molar-refractivity contribution in [3.8, 4) is 0 Å². The van der Waals surface area contributed by atoms with E-state index in [1.807, 2.05) is 0 Å². The summed E-state index contributed by atoms with van der Waals surface area (Å²) >= 11 is 0. The Bertz CT molecular complexity index is 380. The van der Waals surface area contributed by atoms with Gasteiger partial charge in [0.15, 0.2) is 0 Å². The number of carboxylic acids is 1. The molecule has 1 N–H and O–H groups in total. The number of nitrogens with zero attached hydrogens (tertiary/aromatic N) is 1. The molecule has 1 aliphatic rings. The minimum Gasteiger partial charge on any atom is -0.479 e. The van der Waals surface area contributed by atoms with Gasteiger partial charge in [0.1, 0.15) is 11.1 Å². The van der Waals surface area contributed by atoms with Crippen LogP contribution in [-0.4, -0.2) is 33.2 Å². The summed E-state index contributed by atoms with van der Waals surface area (Å²) in [6.45, 7) is 8.55. The topological polar surface area (TPSA) is 66.8 Å². The fourth-order valence-corrected chi connectivity index (χ4v) is 1.78. The molecule has 0 unspecified atom stereocenters. The van der Waals surface area contributed by atoms with Crippen molar-refractivity contribution in [2.75, 3.05) is 0 Å². The molecule has 0 bridgehead atoms. The number of aliphatic carboxylic acids is 1. The number of hydrogen-bond donors (Lipinski definition) is 1. The van der Waals surface area contributed by atoms with E-state index < -0.39 is 23.2 Å². The van der Waals surface area contributed by atoms with Gasteiger partial charge in [-0.3, -0.25) is 4.90 Å². The van der Waals surface area contributed by atoms with Gasteiger partial charge < -0.3 is 9.84 Å². The Kier molecular flexibility index (Phi) is 3.23. The molecule has 1 atom stereocenters. The van der Waals surface area contributed by atoms with E-state index in [-0.39, 0.29) is 0 Å². The molecule has 1 rings (SSSR count). The standard InChI is InChI=1S/C12H19NO4/c1-8-6-12(5,9(14)15)13(7-8)10(16)17-11(2,3)4/h7H,6H2,1-5H3,(H,14,15)/t12-/m0/s1. The van der Waals surface area contributed by atoms with Crippen LogP contribution in [0.25, 0.3) is 0 Å². The maximum atomic E-state index is 11.9. The van der Waals surface area contributed by atoms with Crippen LogP contribution in [0.5, 0.6) is 0 Å². The van der Waals surface area contributed by atoms with E-state index in [1.165, 1.54) is 6.92 Å². The highest BCUT2D eigenvalue weighted by Crippen LogP contribution is 2.33. The molecule has 0 radical (unpaired) electrons. The highest BCUT2D eigenvalue weighted by atomic mass is 16.6. The van der Waals surface area contributed by atoms with Crippen molar-refractivity contribution in [3.05, 3.63) is 11.8 Å². The van der Waals surface area contributed by atoms with Gasteiger partial charge in [-0.1, -0.05) is 5.57 Å². The predicted molar refractivity (Wildman–Crippen MR) is 62.5 cm³/mol. The molecular formula is C12H19NO4. The molecule has 96 valence electrons. The van der Waals surface area contributed by atoms with Crippen LogP contribution in [0.4, 0.5) is 4.79 Å². The molecule has 1 heterocycles. The lowest BCUT2D eigenvalue weighted by molar-refractivity contribution is -0.147. The molecule has 0 aromatic rings. The molecule has 0 aliphatic carbocycles. The van der Waals surface area contributed by atoms with Crippen LogP contribution in [0.3, 0.4) is 0 Å². The Morgan fingerprint density at radius 1 is 1.47 bits per heavy atom. The summed E-state index contributed by atoms with van der Waals surface area (Å²) in [6.07, 6.45) is 1.24. The van der Waals surface area contributed by atoms with Crippen LogP contribution in [0.15, 0.2) is 11.8 Å². The van der Waals surface area contributed by atoms with Gasteiger partial charge >= 0.3 is 12.1 Å². The van der Waals surface area contributed by atoms with Gasteiger partial charge in [0.2, 0.25) is 0 Å². The number of rotatable bonds is 1. The van der Waals surface area contributed by atoms with Gasteiger partial charge in [-0.25, -0.2) is 9.59 Å². The van der Waals surface area contributed by atoms with Crippen molar-refractivity contribution in [2.45, 2.75) is 52.2 Å². The average Bonchev–Trinajstić information content (AvgIpc) is 2.40. The fourth-order valence-electron chi connectivity index (χ4n) is 1.78. The first-order chi connectivity index (χ1) is 7.56. The van der Waals surface area contributed by atoms with Gasteiger partial charge in [-0.2, -0.15) is 0 Å². The van der Waals surface area contributed by atoms with E-state index in [0.717, 1.165) is 10.5 Å². The highest BCUT2D eigenvalue weighted by molar-refractivity contribution is 5.86. The van der Waals surface area contributed by atoms with Crippen molar-refractivity contribution < 1.29 is 19.4 Å². The zero-order valence-corrected chi connectivity index (χ0v) is 10.9. The highest BCUT2D eigenvalue weighted by Gasteiger charge is 2.46. The van der Waals surface area contributed by atoms with E-state index >= 15 is 0 Å². The monoisotopic (exact) mass is 241 g/mol. The summed E-state index contributed by atoms with van der Waals surface area (Å²) in [5.41, 5.74) is -1.03. The molecule has 1 aliphatic heterocycles. The molecule has 0 aromatic heterocycles. The maximum Gasteiger partial charge on any atom is 0.415 e. The summed E-state index contributed by atoms with van der Waals surface area (Å²) in [5, 5.41) is 9.23. The van der Waals surface area contributed by atoms with Gasteiger partial charge in [0.05, 0.1) is 0 Å². The summed E-state index contributed by atoms with van der Waals surface area (Å²) in [5.74, 6) is -1.03. The second-order valence-electron chi connectivity index (χ2n) is 5.58. The molecule has 0 saturated heterocycles. The van der Waals surface area contributed by atoms with Crippen LogP contribution in [0.2, 0.25) is 0 Å². The normalized spacial score (nSPS) is 24.5. The van der Waals surface area contributed by atoms with Crippen LogP contribution < -0.4 is 0 Å². The molecule has 0 aromatic carbocycles. The third-order valence-corrected chi connectivity index (χ3v) is 2.56. The molecule has 1 amide bonds. The quantitative estimate of drug-likeness (QED) is 0.765. The molecule has 0 saturated carbocycles. The SMILES string of the molecule is CC1=CN(C(=O)OC(C)(C)C)[C@](C)(C(=O)O)C1. The Balaban J connectivity index is 2.95. The van der Waals surface area contributed by atoms with E-state index in [2.05, 4.69) is 0 Å². The largest absolute Gasteiger partial charge is 0.479 e. The predicted octanol–water partition coefficient (Wildman–Crippen LogP) is 2.37. The second-order valence-corrected chi connectivity index (χ2v) is 5.58. The number of carbonyl (C=O) groups is 2. The Labute approximate surface area is 101 Å². The van der Waals surface area contributed by atoms with Crippen LogP contribution in [0.1, 0.15) is 41.0 Å². The van der Waals surface area contributed by atoms with Crippen molar-refractivity contribution in [2.24, 2.45) is 0 Å². The molecule has 5 heteroatoms. The third-order valence-electron chi connectivity index (χ3n) is 2.56. The smallest absolute Gasteiger partial charge is 0.415 e.